The van der Waals surface area contributed by atoms with Gasteiger partial charge in [0.1, 0.15) is 11.1 Å². The predicted octanol–water partition coefficient (Wildman–Crippen LogP) is 3.57. The monoisotopic (exact) mass is 355 g/mol. The zero-order valence-corrected chi connectivity index (χ0v) is 13.9. The Labute approximate surface area is 142 Å². The number of halogens is 3. The van der Waals surface area contributed by atoms with Gasteiger partial charge in [-0.25, -0.2) is 4.98 Å². The minimum atomic E-state index is -4.66. The van der Waals surface area contributed by atoms with E-state index in [2.05, 4.69) is 18.1 Å². The highest BCUT2D eigenvalue weighted by Crippen LogP contribution is 2.35. The van der Waals surface area contributed by atoms with Crippen molar-refractivity contribution in [3.8, 4) is 6.07 Å². The summed E-state index contributed by atoms with van der Waals surface area (Å²) in [5.74, 6) is -0.440. The first-order valence-corrected chi connectivity index (χ1v) is 7.84. The maximum Gasteiger partial charge on any atom is 0.417 e. The minimum absolute atomic E-state index is 0.102. The van der Waals surface area contributed by atoms with Gasteiger partial charge in [0.2, 0.25) is 5.91 Å². The molecule has 0 aliphatic heterocycles. The van der Waals surface area contributed by atoms with Crippen LogP contribution in [0.15, 0.2) is 36.4 Å². The third kappa shape index (κ3) is 5.13. The second-order valence-electron chi connectivity index (χ2n) is 4.77. The number of hydrogen-bond acceptors (Lipinski definition) is 4. The number of thioether (sulfide) groups is 1. The Morgan fingerprint density at radius 1 is 1.42 bits per heavy atom. The molecule has 1 aromatic heterocycles. The van der Waals surface area contributed by atoms with Crippen LogP contribution in [-0.4, -0.2) is 34.6 Å². The van der Waals surface area contributed by atoms with E-state index in [1.165, 1.54) is 11.8 Å². The van der Waals surface area contributed by atoms with Crippen LogP contribution in [0.25, 0.3) is 0 Å². The van der Waals surface area contributed by atoms with Gasteiger partial charge < -0.3 is 4.90 Å². The molecule has 0 aliphatic carbocycles. The van der Waals surface area contributed by atoms with Crippen LogP contribution in [0.1, 0.15) is 16.8 Å². The van der Waals surface area contributed by atoms with E-state index < -0.39 is 17.3 Å². The van der Waals surface area contributed by atoms with E-state index >= 15 is 0 Å². The smallest absolute Gasteiger partial charge is 0.335 e. The van der Waals surface area contributed by atoms with E-state index in [1.54, 1.807) is 18.2 Å². The number of pyridine rings is 1. The second kappa shape index (κ2) is 8.55. The molecule has 0 fully saturated rings. The molecule has 24 heavy (non-hydrogen) atoms. The number of carbonyl (C=O) groups excluding carboxylic acids is 1. The van der Waals surface area contributed by atoms with Crippen LogP contribution in [-0.2, 0) is 11.0 Å². The molecule has 0 spiro atoms. The van der Waals surface area contributed by atoms with Crippen molar-refractivity contribution in [2.75, 3.05) is 18.8 Å². The van der Waals surface area contributed by atoms with Gasteiger partial charge in [0.25, 0.3) is 0 Å². The highest BCUT2D eigenvalue weighted by Gasteiger charge is 2.35. The highest BCUT2D eigenvalue weighted by molar-refractivity contribution is 8.00. The molecule has 0 aromatic carbocycles. The Morgan fingerprint density at radius 3 is 2.46 bits per heavy atom. The van der Waals surface area contributed by atoms with Gasteiger partial charge in [0, 0.05) is 18.8 Å². The fourth-order valence-corrected chi connectivity index (χ4v) is 2.84. The summed E-state index contributed by atoms with van der Waals surface area (Å²) in [6.45, 7) is 9.09. The molecule has 0 bridgehead atoms. The van der Waals surface area contributed by atoms with Gasteiger partial charge in [-0.3, -0.25) is 4.79 Å². The summed E-state index contributed by atoms with van der Waals surface area (Å²) < 4.78 is 39.1. The number of carbonyl (C=O) groups is 1. The summed E-state index contributed by atoms with van der Waals surface area (Å²) in [6, 6.07) is 2.37. The molecular weight excluding hydrogens is 339 g/mol. The maximum atomic E-state index is 13.0. The zero-order chi connectivity index (χ0) is 18.3. The van der Waals surface area contributed by atoms with E-state index in [0.29, 0.717) is 13.1 Å². The third-order valence-electron chi connectivity index (χ3n) is 2.92. The van der Waals surface area contributed by atoms with Crippen LogP contribution in [0, 0.1) is 18.3 Å². The van der Waals surface area contributed by atoms with Crippen LogP contribution in [0.4, 0.5) is 13.2 Å². The lowest BCUT2D eigenvalue weighted by atomic mass is 10.1. The molecule has 128 valence electrons. The maximum absolute atomic E-state index is 13.0. The lowest BCUT2D eigenvalue weighted by molar-refractivity contribution is -0.138. The Morgan fingerprint density at radius 2 is 2.00 bits per heavy atom. The summed E-state index contributed by atoms with van der Waals surface area (Å²) in [7, 11) is 0. The summed E-state index contributed by atoms with van der Waals surface area (Å²) in [6.07, 6.45) is -1.57. The highest BCUT2D eigenvalue weighted by atomic mass is 32.2. The zero-order valence-electron chi connectivity index (χ0n) is 13.1. The molecule has 0 saturated carbocycles. The Bertz CT molecular complexity index is 670. The van der Waals surface area contributed by atoms with Gasteiger partial charge in [-0.1, -0.05) is 23.9 Å². The minimum Gasteiger partial charge on any atom is -0.335 e. The van der Waals surface area contributed by atoms with Gasteiger partial charge in [0.15, 0.2) is 0 Å². The van der Waals surface area contributed by atoms with Crippen LogP contribution in [0.5, 0.6) is 0 Å². The fourth-order valence-electron chi connectivity index (χ4n) is 1.89. The number of aromatic nitrogens is 1. The van der Waals surface area contributed by atoms with Gasteiger partial charge in [0.05, 0.1) is 16.9 Å². The number of alkyl halides is 3. The van der Waals surface area contributed by atoms with E-state index in [9.17, 15) is 18.0 Å². The lowest BCUT2D eigenvalue weighted by Crippen LogP contribution is -2.32. The number of amides is 1. The summed E-state index contributed by atoms with van der Waals surface area (Å²) >= 11 is 0.811. The molecule has 0 N–H and O–H groups in total. The van der Waals surface area contributed by atoms with Crippen molar-refractivity contribution in [2.24, 2.45) is 0 Å². The van der Waals surface area contributed by atoms with E-state index in [1.807, 2.05) is 0 Å². The largest absolute Gasteiger partial charge is 0.417 e. The number of hydrogen-bond donors (Lipinski definition) is 0. The molecule has 4 nitrogen and oxygen atoms in total. The summed E-state index contributed by atoms with van der Waals surface area (Å²) in [5, 5.41) is 8.97. The topological polar surface area (TPSA) is 57.0 Å². The average molecular weight is 355 g/mol. The molecule has 1 rings (SSSR count). The first kappa shape index (κ1) is 19.8. The predicted molar refractivity (Wildman–Crippen MR) is 86.4 cm³/mol. The molecule has 1 heterocycles. The second-order valence-corrected chi connectivity index (χ2v) is 5.73. The van der Waals surface area contributed by atoms with Crippen molar-refractivity contribution in [2.45, 2.75) is 18.1 Å². The number of rotatable bonds is 7. The summed E-state index contributed by atoms with van der Waals surface area (Å²) in [5.41, 5.74) is -1.48. The molecule has 0 atom stereocenters. The fraction of sp³-hybridized carbons (Fsp3) is 0.312. The lowest BCUT2D eigenvalue weighted by Gasteiger charge is -2.19. The Balaban J connectivity index is 3.05. The molecular formula is C16H16F3N3OS. The SMILES string of the molecule is C=CCN(CC=C)C(=O)CSc1nc(C)cc(C(F)(F)F)c1C#N. The average Bonchev–Trinajstić information content (AvgIpc) is 2.51. The number of nitriles is 1. The molecule has 1 amide bonds. The van der Waals surface area contributed by atoms with Crippen molar-refractivity contribution < 1.29 is 18.0 Å². The van der Waals surface area contributed by atoms with Crippen LogP contribution >= 0.6 is 11.8 Å². The van der Waals surface area contributed by atoms with Gasteiger partial charge in [-0.2, -0.15) is 18.4 Å². The van der Waals surface area contributed by atoms with Crippen molar-refractivity contribution in [3.05, 3.63) is 48.2 Å². The third-order valence-corrected chi connectivity index (χ3v) is 3.88. The molecule has 8 heteroatoms. The Hall–Kier alpha value is -2.27. The first-order valence-electron chi connectivity index (χ1n) is 6.85. The van der Waals surface area contributed by atoms with Crippen LogP contribution in [0.2, 0.25) is 0 Å². The standard InChI is InChI=1S/C16H16F3N3OS/c1-4-6-22(7-5-2)14(23)10-24-15-12(9-20)13(16(17,18)19)8-11(3)21-15/h4-5,8H,1-2,6-7,10H2,3H3. The Kier molecular flexibility index (Phi) is 7.04. The normalized spacial score (nSPS) is 10.8. The van der Waals surface area contributed by atoms with Crippen LogP contribution < -0.4 is 0 Å². The van der Waals surface area contributed by atoms with Crippen LogP contribution in [0.3, 0.4) is 0 Å². The number of nitrogens with zero attached hydrogens (tertiary/aromatic N) is 3. The van der Waals surface area contributed by atoms with E-state index in [0.717, 1.165) is 17.8 Å². The molecule has 0 unspecified atom stereocenters. The van der Waals surface area contributed by atoms with Gasteiger partial charge in [-0.05, 0) is 13.0 Å². The molecule has 0 aliphatic rings. The van der Waals surface area contributed by atoms with Crippen molar-refractivity contribution >= 4 is 17.7 Å². The van der Waals surface area contributed by atoms with E-state index in [-0.39, 0.29) is 22.4 Å². The van der Waals surface area contributed by atoms with Crippen molar-refractivity contribution in [1.29, 1.82) is 5.26 Å². The molecule has 1 aromatic rings. The first-order chi connectivity index (χ1) is 11.2. The quantitative estimate of drug-likeness (QED) is 0.554. The van der Waals surface area contributed by atoms with Crippen molar-refractivity contribution in [3.63, 3.8) is 0 Å². The van der Waals surface area contributed by atoms with Gasteiger partial charge >= 0.3 is 6.18 Å². The van der Waals surface area contributed by atoms with Gasteiger partial charge in [-0.15, -0.1) is 13.2 Å². The van der Waals surface area contributed by atoms with E-state index in [4.69, 9.17) is 5.26 Å². The molecule has 0 radical (unpaired) electrons. The molecule has 0 saturated heterocycles. The summed E-state index contributed by atoms with van der Waals surface area (Å²) in [4.78, 5) is 17.6. The number of aryl methyl sites for hydroxylation is 1. The van der Waals surface area contributed by atoms with Crippen molar-refractivity contribution in [1.82, 2.24) is 9.88 Å².